The second-order valence-corrected chi connectivity index (χ2v) is 5.33. The van der Waals surface area contributed by atoms with Gasteiger partial charge in [0.05, 0.1) is 19.3 Å². The Morgan fingerprint density at radius 2 is 1.94 bits per heavy atom. The fraction of sp³-hybridized carbons (Fsp3) is 1.00. The maximum Gasteiger partial charge on any atom is 0.0627 e. The van der Waals surface area contributed by atoms with Gasteiger partial charge < -0.3 is 19.5 Å². The zero-order chi connectivity index (χ0) is 12.6. The van der Waals surface area contributed by atoms with Gasteiger partial charge in [0.2, 0.25) is 0 Å². The minimum atomic E-state index is 0.395. The summed E-state index contributed by atoms with van der Waals surface area (Å²) in [7, 11) is 0. The van der Waals surface area contributed by atoms with E-state index in [4.69, 9.17) is 14.2 Å². The largest absolute Gasteiger partial charge is 0.381 e. The predicted molar refractivity (Wildman–Crippen MR) is 70.8 cm³/mol. The number of hydrogen-bond acceptors (Lipinski definition) is 4. The van der Waals surface area contributed by atoms with E-state index >= 15 is 0 Å². The zero-order valence-corrected chi connectivity index (χ0v) is 11.5. The van der Waals surface area contributed by atoms with Crippen LogP contribution in [0.2, 0.25) is 0 Å². The summed E-state index contributed by atoms with van der Waals surface area (Å²) < 4.78 is 16.9. The van der Waals surface area contributed by atoms with Gasteiger partial charge in [0.25, 0.3) is 0 Å². The number of ether oxygens (including phenoxy) is 3. The fourth-order valence-corrected chi connectivity index (χ4v) is 2.64. The molecule has 2 atom stereocenters. The molecule has 4 heteroatoms. The normalized spacial score (nSPS) is 27.5. The van der Waals surface area contributed by atoms with Crippen LogP contribution in [0.15, 0.2) is 0 Å². The van der Waals surface area contributed by atoms with Crippen LogP contribution in [0.5, 0.6) is 0 Å². The molecule has 106 valence electrons. The van der Waals surface area contributed by atoms with Gasteiger partial charge in [-0.2, -0.15) is 0 Å². The van der Waals surface area contributed by atoms with E-state index in [0.717, 1.165) is 52.4 Å². The van der Waals surface area contributed by atoms with E-state index in [-0.39, 0.29) is 0 Å². The van der Waals surface area contributed by atoms with Crippen molar-refractivity contribution in [1.82, 2.24) is 5.32 Å². The Kier molecular flexibility index (Phi) is 6.41. The van der Waals surface area contributed by atoms with Crippen molar-refractivity contribution in [3.05, 3.63) is 0 Å². The van der Waals surface area contributed by atoms with E-state index in [1.54, 1.807) is 0 Å². The predicted octanol–water partition coefficient (Wildman–Crippen LogP) is 1.59. The third kappa shape index (κ3) is 4.50. The van der Waals surface area contributed by atoms with Crippen LogP contribution in [0, 0.1) is 5.92 Å². The second-order valence-electron chi connectivity index (χ2n) is 5.33. The van der Waals surface area contributed by atoms with Crippen molar-refractivity contribution < 1.29 is 14.2 Å². The van der Waals surface area contributed by atoms with Crippen LogP contribution in [0.1, 0.15) is 32.6 Å². The van der Waals surface area contributed by atoms with E-state index in [2.05, 4.69) is 12.2 Å². The monoisotopic (exact) mass is 257 g/mol. The molecule has 0 saturated carbocycles. The quantitative estimate of drug-likeness (QED) is 0.752. The first-order chi connectivity index (χ1) is 8.90. The molecule has 0 radical (unpaired) electrons. The molecule has 0 aromatic heterocycles. The van der Waals surface area contributed by atoms with Gasteiger partial charge in [0, 0.05) is 31.8 Å². The molecule has 2 saturated heterocycles. The summed E-state index contributed by atoms with van der Waals surface area (Å²) >= 11 is 0. The first kappa shape index (κ1) is 14.3. The van der Waals surface area contributed by atoms with Crippen LogP contribution in [-0.2, 0) is 14.2 Å². The molecule has 2 unspecified atom stereocenters. The third-order valence-electron chi connectivity index (χ3n) is 3.87. The Balaban J connectivity index is 1.72. The molecule has 1 N–H and O–H groups in total. The van der Waals surface area contributed by atoms with Crippen molar-refractivity contribution in [2.24, 2.45) is 5.92 Å². The Morgan fingerprint density at radius 3 is 2.61 bits per heavy atom. The van der Waals surface area contributed by atoms with Crippen molar-refractivity contribution in [3.63, 3.8) is 0 Å². The maximum absolute atomic E-state index is 6.06. The zero-order valence-electron chi connectivity index (χ0n) is 11.5. The van der Waals surface area contributed by atoms with Crippen molar-refractivity contribution in [1.29, 1.82) is 0 Å². The molecule has 2 fully saturated rings. The van der Waals surface area contributed by atoms with Gasteiger partial charge in [0.1, 0.15) is 0 Å². The van der Waals surface area contributed by atoms with Crippen LogP contribution in [0.25, 0.3) is 0 Å². The average Bonchev–Trinajstić information content (AvgIpc) is 2.94. The third-order valence-corrected chi connectivity index (χ3v) is 3.87. The molecular formula is C14H27NO3. The molecule has 0 aliphatic carbocycles. The highest BCUT2D eigenvalue weighted by Gasteiger charge is 2.26. The topological polar surface area (TPSA) is 39.7 Å². The SMILES string of the molecule is CCCNC(COC1CCOCC1)C1CCOC1. The molecule has 0 amide bonds. The van der Waals surface area contributed by atoms with Crippen molar-refractivity contribution in [3.8, 4) is 0 Å². The summed E-state index contributed by atoms with van der Waals surface area (Å²) in [4.78, 5) is 0. The molecule has 0 spiro atoms. The highest BCUT2D eigenvalue weighted by Crippen LogP contribution is 2.19. The molecule has 2 aliphatic heterocycles. The summed E-state index contributed by atoms with van der Waals surface area (Å²) in [6, 6.07) is 0.454. The van der Waals surface area contributed by atoms with E-state index in [9.17, 15) is 0 Å². The number of hydrogen-bond donors (Lipinski definition) is 1. The minimum absolute atomic E-state index is 0.395. The van der Waals surface area contributed by atoms with Gasteiger partial charge >= 0.3 is 0 Å². The lowest BCUT2D eigenvalue weighted by molar-refractivity contribution is -0.0426. The lowest BCUT2D eigenvalue weighted by atomic mass is 9.99. The maximum atomic E-state index is 6.06. The van der Waals surface area contributed by atoms with Crippen LogP contribution in [-0.4, -0.2) is 51.7 Å². The van der Waals surface area contributed by atoms with Crippen molar-refractivity contribution in [2.75, 3.05) is 39.6 Å². The smallest absolute Gasteiger partial charge is 0.0627 e. The van der Waals surface area contributed by atoms with Gasteiger partial charge in [0.15, 0.2) is 0 Å². The Labute approximate surface area is 110 Å². The van der Waals surface area contributed by atoms with E-state index < -0.39 is 0 Å². The van der Waals surface area contributed by atoms with Crippen LogP contribution >= 0.6 is 0 Å². The van der Waals surface area contributed by atoms with Crippen molar-refractivity contribution >= 4 is 0 Å². The van der Waals surface area contributed by atoms with Gasteiger partial charge in [-0.3, -0.25) is 0 Å². The standard InChI is InChI=1S/C14H27NO3/c1-2-6-15-14(12-3-7-17-10-12)11-18-13-4-8-16-9-5-13/h12-15H,2-11H2,1H3. The highest BCUT2D eigenvalue weighted by molar-refractivity contribution is 4.80. The molecule has 0 bridgehead atoms. The number of rotatable bonds is 7. The van der Waals surface area contributed by atoms with Gasteiger partial charge in [-0.1, -0.05) is 6.92 Å². The molecule has 0 aromatic rings. The summed E-state index contributed by atoms with van der Waals surface area (Å²) in [5.41, 5.74) is 0. The second kappa shape index (κ2) is 8.10. The molecule has 2 rings (SSSR count). The molecule has 4 nitrogen and oxygen atoms in total. The van der Waals surface area contributed by atoms with Crippen LogP contribution in [0.4, 0.5) is 0 Å². The Hall–Kier alpha value is -0.160. The fourth-order valence-electron chi connectivity index (χ4n) is 2.64. The van der Waals surface area contributed by atoms with Crippen LogP contribution < -0.4 is 5.32 Å². The van der Waals surface area contributed by atoms with Gasteiger partial charge in [-0.25, -0.2) is 0 Å². The summed E-state index contributed by atoms with van der Waals surface area (Å²) in [6.07, 6.45) is 4.82. The van der Waals surface area contributed by atoms with Gasteiger partial charge in [-0.15, -0.1) is 0 Å². The van der Waals surface area contributed by atoms with E-state index in [1.807, 2.05) is 0 Å². The lowest BCUT2D eigenvalue weighted by Gasteiger charge is -2.28. The number of nitrogens with one attached hydrogen (secondary N) is 1. The van der Waals surface area contributed by atoms with Gasteiger partial charge in [-0.05, 0) is 32.2 Å². The average molecular weight is 257 g/mol. The molecule has 0 aromatic carbocycles. The highest BCUT2D eigenvalue weighted by atomic mass is 16.5. The van der Waals surface area contributed by atoms with E-state index in [0.29, 0.717) is 18.1 Å². The molecule has 2 heterocycles. The molecule has 2 aliphatic rings. The molecule has 18 heavy (non-hydrogen) atoms. The Morgan fingerprint density at radius 1 is 1.17 bits per heavy atom. The summed E-state index contributed by atoms with van der Waals surface area (Å²) in [5, 5.41) is 3.61. The molecular weight excluding hydrogens is 230 g/mol. The summed E-state index contributed by atoms with van der Waals surface area (Å²) in [6.45, 7) is 7.59. The van der Waals surface area contributed by atoms with E-state index in [1.165, 1.54) is 12.8 Å². The summed E-state index contributed by atoms with van der Waals surface area (Å²) in [5.74, 6) is 0.622. The minimum Gasteiger partial charge on any atom is -0.381 e. The van der Waals surface area contributed by atoms with Crippen LogP contribution in [0.3, 0.4) is 0 Å². The first-order valence-corrected chi connectivity index (χ1v) is 7.40. The Bertz CT molecular complexity index is 213. The first-order valence-electron chi connectivity index (χ1n) is 7.40. The van der Waals surface area contributed by atoms with Crippen molar-refractivity contribution in [2.45, 2.75) is 44.8 Å². The lowest BCUT2D eigenvalue weighted by Crippen LogP contribution is -2.42.